The van der Waals surface area contributed by atoms with Gasteiger partial charge in [-0.3, -0.25) is 4.79 Å². The molecule has 2 rings (SSSR count). The zero-order valence-electron chi connectivity index (χ0n) is 11.6. The topological polar surface area (TPSA) is 88.8 Å². The van der Waals surface area contributed by atoms with Crippen molar-refractivity contribution in [3.63, 3.8) is 0 Å². The highest BCUT2D eigenvalue weighted by atomic mass is 16.5. The number of ether oxygens (including phenoxy) is 1. The lowest BCUT2D eigenvalue weighted by Gasteiger charge is -2.34. The highest BCUT2D eigenvalue weighted by molar-refractivity contribution is 5.84. The molecule has 1 aliphatic rings. The SMILES string of the molecule is CC1(C)CC(C(=O)NCc2ccc(C(=O)O)o2)CCO1. The van der Waals surface area contributed by atoms with E-state index in [0.29, 0.717) is 25.2 Å². The molecule has 20 heavy (non-hydrogen) atoms. The van der Waals surface area contributed by atoms with Crippen LogP contribution in [0.15, 0.2) is 16.5 Å². The fraction of sp³-hybridized carbons (Fsp3) is 0.571. The number of hydrogen-bond acceptors (Lipinski definition) is 4. The lowest BCUT2D eigenvalue weighted by Crippen LogP contribution is -2.41. The Labute approximate surface area is 117 Å². The van der Waals surface area contributed by atoms with Crippen LogP contribution in [0.25, 0.3) is 0 Å². The Hall–Kier alpha value is -1.82. The smallest absolute Gasteiger partial charge is 0.371 e. The molecular formula is C14H19NO5. The summed E-state index contributed by atoms with van der Waals surface area (Å²) in [5.41, 5.74) is -0.276. The number of carboxylic acid groups (broad SMARTS) is 1. The first-order valence-corrected chi connectivity index (χ1v) is 6.61. The number of hydrogen-bond donors (Lipinski definition) is 2. The van der Waals surface area contributed by atoms with Crippen LogP contribution < -0.4 is 5.32 Å². The maximum atomic E-state index is 12.1. The highest BCUT2D eigenvalue weighted by Gasteiger charge is 2.32. The van der Waals surface area contributed by atoms with E-state index >= 15 is 0 Å². The number of furan rings is 1. The molecule has 1 unspecified atom stereocenters. The molecule has 2 N–H and O–H groups in total. The van der Waals surface area contributed by atoms with E-state index in [1.165, 1.54) is 6.07 Å². The van der Waals surface area contributed by atoms with E-state index in [0.717, 1.165) is 0 Å². The average molecular weight is 281 g/mol. The van der Waals surface area contributed by atoms with Crippen LogP contribution in [0.2, 0.25) is 0 Å². The summed E-state index contributed by atoms with van der Waals surface area (Å²) in [4.78, 5) is 22.8. The van der Waals surface area contributed by atoms with Crippen LogP contribution in [0.1, 0.15) is 43.0 Å². The van der Waals surface area contributed by atoms with Crippen molar-refractivity contribution in [1.82, 2.24) is 5.32 Å². The molecule has 0 radical (unpaired) electrons. The minimum atomic E-state index is -1.12. The van der Waals surface area contributed by atoms with Gasteiger partial charge in [0.25, 0.3) is 0 Å². The molecule has 1 amide bonds. The molecule has 1 aromatic rings. The number of carbonyl (C=O) groups is 2. The van der Waals surface area contributed by atoms with Crippen molar-refractivity contribution in [2.75, 3.05) is 6.61 Å². The quantitative estimate of drug-likeness (QED) is 0.878. The van der Waals surface area contributed by atoms with Gasteiger partial charge in [-0.15, -0.1) is 0 Å². The first-order valence-electron chi connectivity index (χ1n) is 6.61. The van der Waals surface area contributed by atoms with Crippen molar-refractivity contribution < 1.29 is 23.8 Å². The van der Waals surface area contributed by atoms with Crippen molar-refractivity contribution in [1.29, 1.82) is 0 Å². The fourth-order valence-electron chi connectivity index (χ4n) is 2.36. The maximum Gasteiger partial charge on any atom is 0.371 e. The normalized spacial score (nSPS) is 21.4. The lowest BCUT2D eigenvalue weighted by atomic mass is 9.88. The molecular weight excluding hydrogens is 262 g/mol. The number of amides is 1. The fourth-order valence-corrected chi connectivity index (χ4v) is 2.36. The van der Waals surface area contributed by atoms with Crippen molar-refractivity contribution in [3.05, 3.63) is 23.7 Å². The Morgan fingerprint density at radius 1 is 1.45 bits per heavy atom. The van der Waals surface area contributed by atoms with Gasteiger partial charge in [0, 0.05) is 12.5 Å². The molecule has 0 bridgehead atoms. The number of aromatic carboxylic acids is 1. The van der Waals surface area contributed by atoms with Crippen LogP contribution in [0, 0.1) is 5.92 Å². The molecule has 1 aliphatic heterocycles. The summed E-state index contributed by atoms with van der Waals surface area (Å²) in [6.07, 6.45) is 1.38. The van der Waals surface area contributed by atoms with Crippen LogP contribution in [-0.2, 0) is 16.1 Å². The third-order valence-corrected chi connectivity index (χ3v) is 3.38. The van der Waals surface area contributed by atoms with Gasteiger partial charge in [0.05, 0.1) is 12.1 Å². The monoisotopic (exact) mass is 281 g/mol. The van der Waals surface area contributed by atoms with Crippen LogP contribution in [-0.4, -0.2) is 29.2 Å². The molecule has 1 aromatic heterocycles. The van der Waals surface area contributed by atoms with Gasteiger partial charge in [0.1, 0.15) is 5.76 Å². The van der Waals surface area contributed by atoms with Gasteiger partial charge in [-0.05, 0) is 38.8 Å². The summed E-state index contributed by atoms with van der Waals surface area (Å²) in [5.74, 6) is -0.931. The number of nitrogens with one attached hydrogen (secondary N) is 1. The average Bonchev–Trinajstić information content (AvgIpc) is 2.83. The van der Waals surface area contributed by atoms with Gasteiger partial charge >= 0.3 is 5.97 Å². The maximum absolute atomic E-state index is 12.1. The zero-order chi connectivity index (χ0) is 14.8. The van der Waals surface area contributed by atoms with E-state index in [1.807, 2.05) is 13.8 Å². The molecule has 0 saturated carbocycles. The number of carbonyl (C=O) groups excluding carboxylic acids is 1. The first kappa shape index (κ1) is 14.6. The predicted octanol–water partition coefficient (Wildman–Crippen LogP) is 1.80. The highest BCUT2D eigenvalue weighted by Crippen LogP contribution is 2.28. The summed E-state index contributed by atoms with van der Waals surface area (Å²) in [6.45, 7) is 4.72. The summed E-state index contributed by atoms with van der Waals surface area (Å²) in [6, 6.07) is 2.93. The Morgan fingerprint density at radius 2 is 2.20 bits per heavy atom. The summed E-state index contributed by atoms with van der Waals surface area (Å²) in [7, 11) is 0. The Balaban J connectivity index is 1.86. The Kier molecular flexibility index (Phi) is 4.13. The van der Waals surface area contributed by atoms with Gasteiger partial charge in [0.2, 0.25) is 11.7 Å². The van der Waals surface area contributed by atoms with E-state index in [-0.39, 0.29) is 29.7 Å². The summed E-state index contributed by atoms with van der Waals surface area (Å²) >= 11 is 0. The van der Waals surface area contributed by atoms with E-state index in [4.69, 9.17) is 14.3 Å². The summed E-state index contributed by atoms with van der Waals surface area (Å²) < 4.78 is 10.7. The van der Waals surface area contributed by atoms with Gasteiger partial charge in [-0.1, -0.05) is 0 Å². The van der Waals surface area contributed by atoms with Crippen molar-refractivity contribution >= 4 is 11.9 Å². The van der Waals surface area contributed by atoms with E-state index in [2.05, 4.69) is 5.32 Å². The molecule has 6 nitrogen and oxygen atoms in total. The van der Waals surface area contributed by atoms with Crippen LogP contribution in [0.4, 0.5) is 0 Å². The lowest BCUT2D eigenvalue weighted by molar-refractivity contribution is -0.135. The van der Waals surface area contributed by atoms with Crippen LogP contribution >= 0.6 is 0 Å². The molecule has 6 heteroatoms. The van der Waals surface area contributed by atoms with E-state index in [1.54, 1.807) is 6.07 Å². The summed E-state index contributed by atoms with van der Waals surface area (Å²) in [5, 5.41) is 11.5. The number of rotatable bonds is 4. The third-order valence-electron chi connectivity index (χ3n) is 3.38. The predicted molar refractivity (Wildman–Crippen MR) is 70.3 cm³/mol. The van der Waals surface area contributed by atoms with E-state index in [9.17, 15) is 9.59 Å². The zero-order valence-corrected chi connectivity index (χ0v) is 11.6. The Bertz CT molecular complexity index is 505. The molecule has 0 spiro atoms. The third kappa shape index (κ3) is 3.60. The molecule has 110 valence electrons. The molecule has 1 fully saturated rings. The minimum absolute atomic E-state index is 0.0466. The van der Waals surface area contributed by atoms with Gasteiger partial charge in [-0.25, -0.2) is 4.79 Å². The van der Waals surface area contributed by atoms with Crippen molar-refractivity contribution in [2.24, 2.45) is 5.92 Å². The minimum Gasteiger partial charge on any atom is -0.475 e. The number of carboxylic acids is 1. The largest absolute Gasteiger partial charge is 0.475 e. The standard InChI is InChI=1S/C14H19NO5/c1-14(2)7-9(5-6-19-14)12(16)15-8-10-3-4-11(20-10)13(17)18/h3-4,9H,5-8H2,1-2H3,(H,15,16)(H,17,18). The van der Waals surface area contributed by atoms with Crippen molar-refractivity contribution in [2.45, 2.75) is 38.8 Å². The van der Waals surface area contributed by atoms with Gasteiger partial charge < -0.3 is 19.6 Å². The van der Waals surface area contributed by atoms with Gasteiger partial charge in [-0.2, -0.15) is 0 Å². The molecule has 0 aromatic carbocycles. The second kappa shape index (κ2) is 5.66. The van der Waals surface area contributed by atoms with Crippen molar-refractivity contribution in [3.8, 4) is 0 Å². The molecule has 0 aliphatic carbocycles. The Morgan fingerprint density at radius 3 is 2.80 bits per heavy atom. The molecule has 1 saturated heterocycles. The first-order chi connectivity index (χ1) is 9.37. The van der Waals surface area contributed by atoms with Gasteiger partial charge in [0.15, 0.2) is 0 Å². The second-order valence-corrected chi connectivity index (χ2v) is 5.59. The second-order valence-electron chi connectivity index (χ2n) is 5.59. The molecule has 2 heterocycles. The van der Waals surface area contributed by atoms with Crippen LogP contribution in [0.5, 0.6) is 0 Å². The van der Waals surface area contributed by atoms with E-state index < -0.39 is 5.97 Å². The van der Waals surface area contributed by atoms with Crippen LogP contribution in [0.3, 0.4) is 0 Å². The molecule has 1 atom stereocenters.